The van der Waals surface area contributed by atoms with Crippen molar-refractivity contribution >= 4 is 22.5 Å². The highest BCUT2D eigenvalue weighted by atomic mass is 35.5. The van der Waals surface area contributed by atoms with Gasteiger partial charge in [-0.3, -0.25) is 4.98 Å². The molecule has 0 spiro atoms. The topological polar surface area (TPSA) is 28.2 Å². The van der Waals surface area contributed by atoms with Gasteiger partial charge in [-0.15, -0.1) is 0 Å². The molecule has 1 N–H and O–H groups in total. The molecular weight excluding hydrogens is 270 g/mol. The summed E-state index contributed by atoms with van der Waals surface area (Å²) in [5.41, 5.74) is 6.24. The van der Waals surface area contributed by atoms with Gasteiger partial charge < -0.3 is 10.2 Å². The minimum atomic E-state index is 0.790. The highest BCUT2D eigenvalue weighted by molar-refractivity contribution is 6.31. The molecule has 0 saturated carbocycles. The molecule has 0 radical (unpaired) electrons. The van der Waals surface area contributed by atoms with Gasteiger partial charge in [0.1, 0.15) is 0 Å². The van der Waals surface area contributed by atoms with Gasteiger partial charge in [0, 0.05) is 42.2 Å². The first-order chi connectivity index (χ1) is 9.60. The van der Waals surface area contributed by atoms with Gasteiger partial charge in [-0.25, -0.2) is 0 Å². The summed E-state index contributed by atoms with van der Waals surface area (Å²) < 4.78 is 0. The molecule has 2 aromatic rings. The third-order valence-corrected chi connectivity index (χ3v) is 4.28. The van der Waals surface area contributed by atoms with Crippen LogP contribution in [0.15, 0.2) is 12.1 Å². The molecule has 4 heteroatoms. The van der Waals surface area contributed by atoms with Gasteiger partial charge in [0.2, 0.25) is 0 Å². The third kappa shape index (κ3) is 2.30. The fourth-order valence-electron chi connectivity index (χ4n) is 3.07. The van der Waals surface area contributed by atoms with E-state index in [1.807, 2.05) is 13.1 Å². The predicted octanol–water partition coefficient (Wildman–Crippen LogP) is 2.90. The molecule has 0 fully saturated rings. The Kier molecular flexibility index (Phi) is 3.67. The summed E-state index contributed by atoms with van der Waals surface area (Å²) in [6.07, 6.45) is 1.03. The van der Waals surface area contributed by atoms with E-state index in [0.717, 1.165) is 42.2 Å². The van der Waals surface area contributed by atoms with Crippen LogP contribution < -0.4 is 5.32 Å². The molecule has 0 atom stereocenters. The molecule has 2 heterocycles. The van der Waals surface area contributed by atoms with E-state index in [4.69, 9.17) is 16.6 Å². The maximum Gasteiger partial charge on any atom is 0.0738 e. The summed E-state index contributed by atoms with van der Waals surface area (Å²) in [4.78, 5) is 7.27. The SMILES string of the molecule is CNCc1c2c(nc3c(C)cc(Cl)cc13)CCN(C)C2. The van der Waals surface area contributed by atoms with E-state index in [1.165, 1.54) is 22.2 Å². The minimum absolute atomic E-state index is 0.790. The Hall–Kier alpha value is -1.16. The normalized spacial score (nSPS) is 15.6. The van der Waals surface area contributed by atoms with Gasteiger partial charge in [0.05, 0.1) is 5.52 Å². The molecule has 0 unspecified atom stereocenters. The number of halogens is 1. The number of pyridine rings is 1. The van der Waals surface area contributed by atoms with Gasteiger partial charge in [0.15, 0.2) is 0 Å². The van der Waals surface area contributed by atoms with Gasteiger partial charge in [0.25, 0.3) is 0 Å². The van der Waals surface area contributed by atoms with Crippen molar-refractivity contribution in [2.45, 2.75) is 26.4 Å². The maximum atomic E-state index is 6.25. The van der Waals surface area contributed by atoms with Gasteiger partial charge in [-0.05, 0) is 49.8 Å². The lowest BCUT2D eigenvalue weighted by molar-refractivity contribution is 0.309. The number of aromatic nitrogens is 1. The number of rotatable bonds is 2. The Morgan fingerprint density at radius 3 is 2.95 bits per heavy atom. The zero-order valence-electron chi connectivity index (χ0n) is 12.3. The van der Waals surface area contributed by atoms with Gasteiger partial charge in [-0.2, -0.15) is 0 Å². The summed E-state index contributed by atoms with van der Waals surface area (Å²) in [7, 11) is 4.15. The van der Waals surface area contributed by atoms with Crippen LogP contribution in [-0.4, -0.2) is 30.5 Å². The number of nitrogens with zero attached hydrogens (tertiary/aromatic N) is 2. The number of hydrogen-bond acceptors (Lipinski definition) is 3. The van der Waals surface area contributed by atoms with Crippen LogP contribution in [0.25, 0.3) is 10.9 Å². The third-order valence-electron chi connectivity index (χ3n) is 4.06. The Balaban J connectivity index is 2.32. The molecule has 0 aliphatic carbocycles. The number of fused-ring (bicyclic) bond motifs is 2. The van der Waals surface area contributed by atoms with Crippen LogP contribution in [0, 0.1) is 6.92 Å². The van der Waals surface area contributed by atoms with Crippen LogP contribution in [-0.2, 0) is 19.5 Å². The van der Waals surface area contributed by atoms with Crippen LogP contribution in [0.1, 0.15) is 22.4 Å². The lowest BCUT2D eigenvalue weighted by Gasteiger charge is -2.27. The summed E-state index contributed by atoms with van der Waals surface area (Å²) in [5.74, 6) is 0. The Labute approximate surface area is 124 Å². The number of benzene rings is 1. The van der Waals surface area contributed by atoms with Crippen molar-refractivity contribution in [1.29, 1.82) is 0 Å². The molecular formula is C16H20ClN3. The van der Waals surface area contributed by atoms with E-state index in [2.05, 4.69) is 30.3 Å². The highest BCUT2D eigenvalue weighted by Crippen LogP contribution is 2.31. The number of nitrogens with one attached hydrogen (secondary N) is 1. The highest BCUT2D eigenvalue weighted by Gasteiger charge is 2.21. The van der Waals surface area contributed by atoms with Crippen molar-refractivity contribution < 1.29 is 0 Å². The second kappa shape index (κ2) is 5.32. The lowest BCUT2D eigenvalue weighted by Crippen LogP contribution is -2.29. The Bertz CT molecular complexity index is 667. The van der Waals surface area contributed by atoms with Crippen LogP contribution >= 0.6 is 11.6 Å². The molecule has 3 nitrogen and oxygen atoms in total. The summed E-state index contributed by atoms with van der Waals surface area (Å²) >= 11 is 6.25. The summed E-state index contributed by atoms with van der Waals surface area (Å²) in [5, 5.41) is 5.27. The van der Waals surface area contributed by atoms with E-state index in [0.29, 0.717) is 0 Å². The van der Waals surface area contributed by atoms with Crippen molar-refractivity contribution in [3.8, 4) is 0 Å². The smallest absolute Gasteiger partial charge is 0.0738 e. The molecule has 106 valence electrons. The van der Waals surface area contributed by atoms with Gasteiger partial charge >= 0.3 is 0 Å². The fraction of sp³-hybridized carbons (Fsp3) is 0.438. The second-order valence-electron chi connectivity index (χ2n) is 5.65. The van der Waals surface area contributed by atoms with E-state index in [1.54, 1.807) is 0 Å². The first-order valence-electron chi connectivity index (χ1n) is 7.03. The quantitative estimate of drug-likeness (QED) is 0.921. The monoisotopic (exact) mass is 289 g/mol. The van der Waals surface area contributed by atoms with Crippen molar-refractivity contribution in [2.24, 2.45) is 0 Å². The first kappa shape index (κ1) is 13.8. The molecule has 0 bridgehead atoms. The average Bonchev–Trinajstić information content (AvgIpc) is 2.40. The Morgan fingerprint density at radius 2 is 2.20 bits per heavy atom. The zero-order valence-corrected chi connectivity index (χ0v) is 13.0. The zero-order chi connectivity index (χ0) is 14.3. The number of aryl methyl sites for hydroxylation is 1. The largest absolute Gasteiger partial charge is 0.316 e. The summed E-state index contributed by atoms with van der Waals surface area (Å²) in [6.45, 7) is 5.00. The van der Waals surface area contributed by atoms with Crippen molar-refractivity contribution in [2.75, 3.05) is 20.6 Å². The fourth-order valence-corrected chi connectivity index (χ4v) is 3.34. The predicted molar refractivity (Wildman–Crippen MR) is 84.3 cm³/mol. The van der Waals surface area contributed by atoms with E-state index in [-0.39, 0.29) is 0 Å². The molecule has 0 amide bonds. The molecule has 1 aliphatic heterocycles. The van der Waals surface area contributed by atoms with Crippen molar-refractivity contribution in [3.05, 3.63) is 39.5 Å². The van der Waals surface area contributed by atoms with Gasteiger partial charge in [-0.1, -0.05) is 11.6 Å². The molecule has 1 aromatic heterocycles. The minimum Gasteiger partial charge on any atom is -0.316 e. The number of hydrogen-bond donors (Lipinski definition) is 1. The molecule has 1 aliphatic rings. The van der Waals surface area contributed by atoms with Crippen LogP contribution in [0.2, 0.25) is 5.02 Å². The van der Waals surface area contributed by atoms with Crippen molar-refractivity contribution in [3.63, 3.8) is 0 Å². The lowest BCUT2D eigenvalue weighted by atomic mass is 9.95. The van der Waals surface area contributed by atoms with E-state index >= 15 is 0 Å². The molecule has 1 aromatic carbocycles. The standard InChI is InChI=1S/C16H20ClN3/c1-10-6-11(17)7-12-13(8-18-2)14-9-20(3)5-4-15(14)19-16(10)12/h6-7,18H,4-5,8-9H2,1-3H3. The Morgan fingerprint density at radius 1 is 1.40 bits per heavy atom. The first-order valence-corrected chi connectivity index (χ1v) is 7.41. The van der Waals surface area contributed by atoms with E-state index < -0.39 is 0 Å². The number of likely N-dealkylation sites (N-methyl/N-ethyl adjacent to an activating group) is 1. The van der Waals surface area contributed by atoms with Crippen LogP contribution in [0.5, 0.6) is 0 Å². The van der Waals surface area contributed by atoms with E-state index in [9.17, 15) is 0 Å². The average molecular weight is 290 g/mol. The van der Waals surface area contributed by atoms with Crippen LogP contribution in [0.3, 0.4) is 0 Å². The van der Waals surface area contributed by atoms with Crippen molar-refractivity contribution in [1.82, 2.24) is 15.2 Å². The maximum absolute atomic E-state index is 6.25. The summed E-state index contributed by atoms with van der Waals surface area (Å²) in [6, 6.07) is 4.06. The molecule has 3 rings (SSSR count). The van der Waals surface area contributed by atoms with Crippen LogP contribution in [0.4, 0.5) is 0 Å². The second-order valence-corrected chi connectivity index (χ2v) is 6.09. The molecule has 20 heavy (non-hydrogen) atoms. The molecule has 0 saturated heterocycles.